The highest BCUT2D eigenvalue weighted by atomic mass is 15.3. The van der Waals surface area contributed by atoms with Crippen molar-refractivity contribution in [2.75, 3.05) is 32.7 Å². The van der Waals surface area contributed by atoms with E-state index in [2.05, 4.69) is 9.80 Å². The minimum atomic E-state index is 0.300. The van der Waals surface area contributed by atoms with Crippen molar-refractivity contribution in [2.24, 2.45) is 5.73 Å². The number of hydrogen-bond acceptors (Lipinski definition) is 3. The average molecular weight is 196 g/mol. The summed E-state index contributed by atoms with van der Waals surface area (Å²) in [5.74, 6) is 0.300. The van der Waals surface area contributed by atoms with Crippen LogP contribution in [0, 0.1) is 5.41 Å². The van der Waals surface area contributed by atoms with Gasteiger partial charge in [-0.1, -0.05) is 6.42 Å². The smallest absolute Gasteiger partial charge is 0.105 e. The average Bonchev–Trinajstić information content (AvgIpc) is 2.17. The lowest BCUT2D eigenvalue weighted by Crippen LogP contribution is -2.55. The van der Waals surface area contributed by atoms with E-state index in [1.807, 2.05) is 0 Å². The predicted octanol–water partition coefficient (Wildman–Crippen LogP) is 0.0925. The van der Waals surface area contributed by atoms with Gasteiger partial charge in [0.1, 0.15) is 5.84 Å². The summed E-state index contributed by atoms with van der Waals surface area (Å²) < 4.78 is 0. The van der Waals surface area contributed by atoms with Crippen LogP contribution in [0.1, 0.15) is 19.3 Å². The number of rotatable bonds is 2. The van der Waals surface area contributed by atoms with E-state index < -0.39 is 0 Å². The van der Waals surface area contributed by atoms with Gasteiger partial charge < -0.3 is 5.73 Å². The standard InChI is InChI=1S/C10H20N4/c11-10(12)8-13-5-6-14-4-2-1-3-9(14)7-13/h9H,1-8H2,(H3,11,12). The third-order valence-electron chi connectivity index (χ3n) is 3.32. The molecule has 4 nitrogen and oxygen atoms in total. The molecule has 0 aromatic heterocycles. The Morgan fingerprint density at radius 2 is 2.14 bits per heavy atom. The molecule has 1 unspecified atom stereocenters. The summed E-state index contributed by atoms with van der Waals surface area (Å²) in [6.07, 6.45) is 4.06. The number of piperidine rings is 1. The largest absolute Gasteiger partial charge is 0.387 e. The molecule has 0 spiro atoms. The molecule has 0 amide bonds. The van der Waals surface area contributed by atoms with Gasteiger partial charge in [-0.3, -0.25) is 15.2 Å². The Hall–Kier alpha value is -0.610. The molecule has 3 N–H and O–H groups in total. The number of fused-ring (bicyclic) bond motifs is 1. The lowest BCUT2D eigenvalue weighted by Gasteiger charge is -2.43. The maximum atomic E-state index is 7.29. The number of nitrogens with one attached hydrogen (secondary N) is 1. The van der Waals surface area contributed by atoms with Crippen molar-refractivity contribution < 1.29 is 0 Å². The lowest BCUT2D eigenvalue weighted by atomic mass is 9.99. The van der Waals surface area contributed by atoms with Crippen molar-refractivity contribution in [1.29, 1.82) is 5.41 Å². The van der Waals surface area contributed by atoms with Gasteiger partial charge in [0.25, 0.3) is 0 Å². The number of nitrogens with two attached hydrogens (primary N) is 1. The van der Waals surface area contributed by atoms with Crippen LogP contribution >= 0.6 is 0 Å². The van der Waals surface area contributed by atoms with E-state index in [-0.39, 0.29) is 0 Å². The molecule has 2 saturated heterocycles. The number of piperazine rings is 1. The molecule has 2 fully saturated rings. The van der Waals surface area contributed by atoms with Crippen LogP contribution in [0.25, 0.3) is 0 Å². The molecule has 2 rings (SSSR count). The monoisotopic (exact) mass is 196 g/mol. The quantitative estimate of drug-likeness (QED) is 0.486. The Morgan fingerprint density at radius 3 is 2.93 bits per heavy atom. The fourth-order valence-corrected chi connectivity index (χ4v) is 2.60. The minimum absolute atomic E-state index is 0.300. The Labute approximate surface area is 85.6 Å². The molecule has 4 heteroatoms. The highest BCUT2D eigenvalue weighted by molar-refractivity contribution is 5.78. The van der Waals surface area contributed by atoms with Crippen molar-refractivity contribution in [2.45, 2.75) is 25.3 Å². The Kier molecular flexibility index (Phi) is 3.03. The van der Waals surface area contributed by atoms with Crippen LogP contribution in [0.5, 0.6) is 0 Å². The molecule has 0 aromatic rings. The number of hydrogen-bond donors (Lipinski definition) is 2. The van der Waals surface area contributed by atoms with E-state index in [9.17, 15) is 0 Å². The highest BCUT2D eigenvalue weighted by Crippen LogP contribution is 2.20. The third-order valence-corrected chi connectivity index (χ3v) is 3.32. The van der Waals surface area contributed by atoms with E-state index in [1.54, 1.807) is 0 Å². The van der Waals surface area contributed by atoms with Gasteiger partial charge in [0.15, 0.2) is 0 Å². The molecule has 0 saturated carbocycles. The van der Waals surface area contributed by atoms with Crippen LogP contribution in [0.4, 0.5) is 0 Å². The van der Waals surface area contributed by atoms with Crippen molar-refractivity contribution in [1.82, 2.24) is 9.80 Å². The van der Waals surface area contributed by atoms with Gasteiger partial charge in [0, 0.05) is 25.7 Å². The molecule has 0 aromatic carbocycles. The van der Waals surface area contributed by atoms with Crippen molar-refractivity contribution in [3.05, 3.63) is 0 Å². The van der Waals surface area contributed by atoms with Crippen LogP contribution in [0.15, 0.2) is 0 Å². The van der Waals surface area contributed by atoms with Crippen LogP contribution in [-0.4, -0.2) is 54.4 Å². The summed E-state index contributed by atoms with van der Waals surface area (Å²) in [7, 11) is 0. The van der Waals surface area contributed by atoms with Gasteiger partial charge in [0.2, 0.25) is 0 Å². The SMILES string of the molecule is N=C(N)CN1CCN2CCCCC2C1. The molecule has 0 bridgehead atoms. The zero-order valence-electron chi connectivity index (χ0n) is 8.71. The Morgan fingerprint density at radius 1 is 1.29 bits per heavy atom. The summed E-state index contributed by atoms with van der Waals surface area (Å²) in [6, 6.07) is 0.733. The lowest BCUT2D eigenvalue weighted by molar-refractivity contribution is 0.0569. The summed E-state index contributed by atoms with van der Waals surface area (Å²) in [5, 5.41) is 7.29. The summed E-state index contributed by atoms with van der Waals surface area (Å²) in [5.41, 5.74) is 5.42. The van der Waals surface area contributed by atoms with Crippen molar-refractivity contribution in [3.8, 4) is 0 Å². The van der Waals surface area contributed by atoms with E-state index >= 15 is 0 Å². The molecule has 14 heavy (non-hydrogen) atoms. The predicted molar refractivity (Wildman–Crippen MR) is 57.6 cm³/mol. The first-order valence-corrected chi connectivity index (χ1v) is 5.55. The van der Waals surface area contributed by atoms with E-state index in [1.165, 1.54) is 25.8 Å². The van der Waals surface area contributed by atoms with E-state index in [4.69, 9.17) is 11.1 Å². The van der Waals surface area contributed by atoms with Crippen LogP contribution in [-0.2, 0) is 0 Å². The first-order chi connectivity index (χ1) is 6.75. The first-order valence-electron chi connectivity index (χ1n) is 5.55. The molecular weight excluding hydrogens is 176 g/mol. The van der Waals surface area contributed by atoms with Crippen molar-refractivity contribution >= 4 is 5.84 Å². The van der Waals surface area contributed by atoms with Gasteiger partial charge in [-0.2, -0.15) is 0 Å². The summed E-state index contributed by atoms with van der Waals surface area (Å²) in [4.78, 5) is 4.91. The van der Waals surface area contributed by atoms with Gasteiger partial charge in [-0.05, 0) is 19.4 Å². The van der Waals surface area contributed by atoms with E-state index in [0.717, 1.165) is 25.7 Å². The molecule has 2 aliphatic heterocycles. The molecule has 0 aliphatic carbocycles. The third kappa shape index (κ3) is 2.25. The normalized spacial score (nSPS) is 29.9. The van der Waals surface area contributed by atoms with Gasteiger partial charge in [0.05, 0.1) is 6.54 Å². The van der Waals surface area contributed by atoms with Gasteiger partial charge >= 0.3 is 0 Å². The molecule has 1 atom stereocenters. The fraction of sp³-hybridized carbons (Fsp3) is 0.900. The fourth-order valence-electron chi connectivity index (χ4n) is 2.60. The zero-order valence-corrected chi connectivity index (χ0v) is 8.71. The highest BCUT2D eigenvalue weighted by Gasteiger charge is 2.28. The number of amidine groups is 1. The second kappa shape index (κ2) is 4.28. The maximum Gasteiger partial charge on any atom is 0.105 e. The van der Waals surface area contributed by atoms with Gasteiger partial charge in [-0.15, -0.1) is 0 Å². The zero-order chi connectivity index (χ0) is 9.97. The molecule has 0 radical (unpaired) electrons. The second-order valence-corrected chi connectivity index (χ2v) is 4.45. The second-order valence-electron chi connectivity index (χ2n) is 4.45. The first kappa shape index (κ1) is 9.93. The molecule has 2 heterocycles. The van der Waals surface area contributed by atoms with Crippen molar-refractivity contribution in [3.63, 3.8) is 0 Å². The van der Waals surface area contributed by atoms with Gasteiger partial charge in [-0.25, -0.2) is 0 Å². The molecular formula is C10H20N4. The topological polar surface area (TPSA) is 56.4 Å². The minimum Gasteiger partial charge on any atom is -0.387 e. The number of nitrogens with zero attached hydrogens (tertiary/aromatic N) is 2. The molecule has 80 valence electrons. The maximum absolute atomic E-state index is 7.29. The van der Waals surface area contributed by atoms with Crippen LogP contribution in [0.2, 0.25) is 0 Å². The Balaban J connectivity index is 1.86. The summed E-state index contributed by atoms with van der Waals surface area (Å²) in [6.45, 7) is 5.29. The van der Waals surface area contributed by atoms with E-state index in [0.29, 0.717) is 12.4 Å². The Bertz CT molecular complexity index is 216. The van der Waals surface area contributed by atoms with Crippen LogP contribution in [0.3, 0.4) is 0 Å². The van der Waals surface area contributed by atoms with Crippen LogP contribution < -0.4 is 5.73 Å². The summed E-state index contributed by atoms with van der Waals surface area (Å²) >= 11 is 0. The molecule has 2 aliphatic rings.